The zero-order chi connectivity index (χ0) is 20.9. The lowest BCUT2D eigenvalue weighted by atomic mass is 9.93. The lowest BCUT2D eigenvalue weighted by Gasteiger charge is -2.31. The number of thiazole rings is 1. The van der Waals surface area contributed by atoms with Crippen molar-refractivity contribution in [2.75, 3.05) is 18.4 Å². The highest BCUT2D eigenvalue weighted by Gasteiger charge is 2.26. The third-order valence-corrected chi connectivity index (χ3v) is 6.26. The van der Waals surface area contributed by atoms with Gasteiger partial charge >= 0.3 is 0 Å². The Morgan fingerprint density at radius 1 is 1.20 bits per heavy atom. The third kappa shape index (κ3) is 4.71. The van der Waals surface area contributed by atoms with Crippen LogP contribution < -0.4 is 5.32 Å². The number of nitrogens with one attached hydrogen (secondary N) is 1. The molecule has 0 radical (unpaired) electrons. The summed E-state index contributed by atoms with van der Waals surface area (Å²) in [6.45, 7) is 5.47. The number of likely N-dealkylation sites (tertiary alicyclic amines) is 1. The van der Waals surface area contributed by atoms with Crippen LogP contribution in [0.15, 0.2) is 43.0 Å². The molecule has 4 rings (SSSR count). The third-order valence-electron chi connectivity index (χ3n) is 5.28. The number of piperidine rings is 1. The molecule has 1 aliphatic rings. The first-order chi connectivity index (χ1) is 14.6. The van der Waals surface area contributed by atoms with Crippen LogP contribution in [0.25, 0.3) is 6.08 Å². The molecule has 154 valence electrons. The fourth-order valence-corrected chi connectivity index (χ4v) is 4.31. The standard InChI is InChI=1S/C22H24N6OS/c1-15-16(2)30-22(26-15)27-21-20(24-10-11-25-21)18-7-12-28(13-8-18)19(29)6-5-17-4-3-9-23-14-17/h3-6,9-11,14,18H,7-8,12-13H2,1-2H3,(H,25,26,27). The molecule has 1 aliphatic heterocycles. The van der Waals surface area contributed by atoms with E-state index in [0.29, 0.717) is 13.1 Å². The van der Waals surface area contributed by atoms with E-state index in [1.165, 1.54) is 4.88 Å². The topological polar surface area (TPSA) is 83.9 Å². The van der Waals surface area contributed by atoms with Crippen molar-refractivity contribution in [2.24, 2.45) is 0 Å². The zero-order valence-corrected chi connectivity index (χ0v) is 17.9. The molecule has 0 saturated carbocycles. The molecular formula is C22H24N6OS. The minimum absolute atomic E-state index is 0.0310. The molecule has 8 heteroatoms. The molecule has 0 bridgehead atoms. The molecule has 1 fully saturated rings. The quantitative estimate of drug-likeness (QED) is 0.626. The minimum atomic E-state index is 0.0310. The van der Waals surface area contributed by atoms with Crippen molar-refractivity contribution in [1.82, 2.24) is 24.8 Å². The van der Waals surface area contributed by atoms with Crippen molar-refractivity contribution in [1.29, 1.82) is 0 Å². The average Bonchev–Trinajstić information content (AvgIpc) is 3.10. The van der Waals surface area contributed by atoms with Crippen molar-refractivity contribution in [3.63, 3.8) is 0 Å². The molecule has 30 heavy (non-hydrogen) atoms. The van der Waals surface area contributed by atoms with E-state index in [9.17, 15) is 4.79 Å². The van der Waals surface area contributed by atoms with Gasteiger partial charge in [-0.3, -0.25) is 14.8 Å². The summed E-state index contributed by atoms with van der Waals surface area (Å²) in [6.07, 6.45) is 12.0. The number of amides is 1. The summed E-state index contributed by atoms with van der Waals surface area (Å²) in [6, 6.07) is 3.79. The summed E-state index contributed by atoms with van der Waals surface area (Å²) in [7, 11) is 0. The molecule has 0 spiro atoms. The summed E-state index contributed by atoms with van der Waals surface area (Å²) in [4.78, 5) is 33.3. The zero-order valence-electron chi connectivity index (χ0n) is 17.1. The van der Waals surface area contributed by atoms with Crippen molar-refractivity contribution in [3.05, 3.63) is 64.8 Å². The number of hydrogen-bond acceptors (Lipinski definition) is 7. The van der Waals surface area contributed by atoms with Gasteiger partial charge in [0, 0.05) is 54.7 Å². The van der Waals surface area contributed by atoms with E-state index >= 15 is 0 Å². The molecule has 3 aromatic rings. The van der Waals surface area contributed by atoms with Crippen molar-refractivity contribution < 1.29 is 4.79 Å². The lowest BCUT2D eigenvalue weighted by molar-refractivity contribution is -0.126. The summed E-state index contributed by atoms with van der Waals surface area (Å²) < 4.78 is 0. The molecule has 0 aliphatic carbocycles. The molecular weight excluding hydrogens is 396 g/mol. The van der Waals surface area contributed by atoms with Crippen molar-refractivity contribution in [3.8, 4) is 0 Å². The fourth-order valence-electron chi connectivity index (χ4n) is 3.49. The molecule has 0 aromatic carbocycles. The molecule has 0 atom stereocenters. The number of anilines is 2. The second kappa shape index (κ2) is 9.13. The number of aromatic nitrogens is 4. The summed E-state index contributed by atoms with van der Waals surface area (Å²) in [5.74, 6) is 1.05. The van der Waals surface area contributed by atoms with Gasteiger partial charge in [-0.25, -0.2) is 9.97 Å². The largest absolute Gasteiger partial charge is 0.339 e. The van der Waals surface area contributed by atoms with Gasteiger partial charge in [-0.15, -0.1) is 11.3 Å². The minimum Gasteiger partial charge on any atom is -0.339 e. The Hall–Kier alpha value is -3.13. The molecule has 3 aromatic heterocycles. The predicted molar refractivity (Wildman–Crippen MR) is 119 cm³/mol. The summed E-state index contributed by atoms with van der Waals surface area (Å²) in [5, 5.41) is 4.17. The maximum absolute atomic E-state index is 12.5. The second-order valence-electron chi connectivity index (χ2n) is 7.30. The van der Waals surface area contributed by atoms with Gasteiger partial charge in [0.25, 0.3) is 0 Å². The average molecular weight is 421 g/mol. The monoisotopic (exact) mass is 420 g/mol. The number of carbonyl (C=O) groups excluding carboxylic acids is 1. The summed E-state index contributed by atoms with van der Waals surface area (Å²) in [5.41, 5.74) is 2.89. The Kier molecular flexibility index (Phi) is 6.13. The van der Waals surface area contributed by atoms with Crippen LogP contribution in [0, 0.1) is 13.8 Å². The van der Waals surface area contributed by atoms with E-state index in [1.807, 2.05) is 30.0 Å². The highest BCUT2D eigenvalue weighted by molar-refractivity contribution is 7.15. The van der Waals surface area contributed by atoms with Crippen molar-refractivity contribution in [2.45, 2.75) is 32.6 Å². The van der Waals surface area contributed by atoms with Crippen LogP contribution in [0.1, 0.15) is 40.6 Å². The Morgan fingerprint density at radius 3 is 2.70 bits per heavy atom. The van der Waals surface area contributed by atoms with Gasteiger partial charge in [-0.05, 0) is 44.4 Å². The second-order valence-corrected chi connectivity index (χ2v) is 8.50. The van der Waals surface area contributed by atoms with Gasteiger partial charge in [0.15, 0.2) is 10.9 Å². The molecule has 0 unspecified atom stereocenters. The highest BCUT2D eigenvalue weighted by atomic mass is 32.1. The molecule has 7 nitrogen and oxygen atoms in total. The first-order valence-electron chi connectivity index (χ1n) is 9.99. The first kappa shape index (κ1) is 20.2. The van der Waals surface area contributed by atoms with E-state index in [-0.39, 0.29) is 11.8 Å². The highest BCUT2D eigenvalue weighted by Crippen LogP contribution is 2.33. The van der Waals surface area contributed by atoms with Gasteiger partial charge in [-0.2, -0.15) is 0 Å². The number of carbonyl (C=O) groups is 1. The maximum Gasteiger partial charge on any atom is 0.246 e. The predicted octanol–water partition coefficient (Wildman–Crippen LogP) is 4.11. The maximum atomic E-state index is 12.5. The number of aryl methyl sites for hydroxylation is 2. The van der Waals surface area contributed by atoms with Crippen LogP contribution in [0.3, 0.4) is 0 Å². The number of pyridine rings is 1. The fraction of sp³-hybridized carbons (Fsp3) is 0.318. The van der Waals surface area contributed by atoms with Crippen LogP contribution in [0.5, 0.6) is 0 Å². The van der Waals surface area contributed by atoms with Gasteiger partial charge in [0.05, 0.1) is 11.4 Å². The first-order valence-corrected chi connectivity index (χ1v) is 10.8. The van der Waals surface area contributed by atoms with Crippen LogP contribution in [-0.4, -0.2) is 43.8 Å². The van der Waals surface area contributed by atoms with Gasteiger partial charge < -0.3 is 10.2 Å². The van der Waals surface area contributed by atoms with Gasteiger partial charge in [0.2, 0.25) is 5.91 Å². The van der Waals surface area contributed by atoms with E-state index in [1.54, 1.807) is 42.2 Å². The van der Waals surface area contributed by atoms with Crippen LogP contribution in [0.2, 0.25) is 0 Å². The van der Waals surface area contributed by atoms with E-state index in [4.69, 9.17) is 0 Å². The Labute approximate surface area is 179 Å². The smallest absolute Gasteiger partial charge is 0.246 e. The SMILES string of the molecule is Cc1nc(Nc2nccnc2C2CCN(C(=O)C=Cc3cccnc3)CC2)sc1C. The normalized spacial score (nSPS) is 14.9. The van der Waals surface area contributed by atoms with E-state index in [2.05, 4.69) is 32.2 Å². The van der Waals surface area contributed by atoms with Gasteiger partial charge in [-0.1, -0.05) is 6.07 Å². The van der Waals surface area contributed by atoms with E-state index in [0.717, 1.165) is 40.7 Å². The van der Waals surface area contributed by atoms with Crippen LogP contribution >= 0.6 is 11.3 Å². The number of rotatable bonds is 5. The van der Waals surface area contributed by atoms with Crippen LogP contribution in [0.4, 0.5) is 10.9 Å². The molecule has 1 amide bonds. The van der Waals surface area contributed by atoms with Gasteiger partial charge in [0.1, 0.15) is 0 Å². The Bertz CT molecular complexity index is 1020. The molecule has 4 heterocycles. The Morgan fingerprint density at radius 2 is 2.00 bits per heavy atom. The lowest BCUT2D eigenvalue weighted by Crippen LogP contribution is -2.37. The Balaban J connectivity index is 1.39. The van der Waals surface area contributed by atoms with E-state index < -0.39 is 0 Å². The summed E-state index contributed by atoms with van der Waals surface area (Å²) >= 11 is 1.62. The molecule has 1 N–H and O–H groups in total. The number of hydrogen-bond donors (Lipinski definition) is 1. The number of nitrogens with zero attached hydrogens (tertiary/aromatic N) is 5. The van der Waals surface area contributed by atoms with Crippen molar-refractivity contribution >= 4 is 34.3 Å². The van der Waals surface area contributed by atoms with Crippen LogP contribution in [-0.2, 0) is 4.79 Å². The molecule has 1 saturated heterocycles.